The van der Waals surface area contributed by atoms with Crippen LogP contribution in [0.25, 0.3) is 11.0 Å². The molecule has 2 rings (SSSR count). The lowest BCUT2D eigenvalue weighted by atomic mass is 10.1. The van der Waals surface area contributed by atoms with Crippen LogP contribution < -0.4 is 5.69 Å². The van der Waals surface area contributed by atoms with E-state index in [4.69, 9.17) is 0 Å². The molecule has 0 saturated heterocycles. The minimum atomic E-state index is -0.0263. The number of fused-ring (bicyclic) bond motifs is 1. The SMILES string of the molecule is CCn1c(=O)n(CC)c2cc(N=C=O)c(C)cc21. The van der Waals surface area contributed by atoms with Gasteiger partial charge in [0.15, 0.2) is 0 Å². The van der Waals surface area contributed by atoms with Crippen LogP contribution >= 0.6 is 0 Å². The average molecular weight is 245 g/mol. The van der Waals surface area contributed by atoms with E-state index in [2.05, 4.69) is 4.99 Å². The number of nitrogens with zero attached hydrogens (tertiary/aromatic N) is 3. The molecule has 0 atom stereocenters. The highest BCUT2D eigenvalue weighted by Gasteiger charge is 2.12. The number of hydrogen-bond donors (Lipinski definition) is 0. The molecule has 2 aromatic rings. The maximum atomic E-state index is 12.1. The summed E-state index contributed by atoms with van der Waals surface area (Å²) in [6.07, 6.45) is 1.54. The van der Waals surface area contributed by atoms with Crippen LogP contribution in [0.2, 0.25) is 0 Å². The predicted molar refractivity (Wildman–Crippen MR) is 70.1 cm³/mol. The number of isocyanates is 1. The van der Waals surface area contributed by atoms with Crippen molar-refractivity contribution in [2.45, 2.75) is 33.9 Å². The summed E-state index contributed by atoms with van der Waals surface area (Å²) in [6.45, 7) is 6.94. The Morgan fingerprint density at radius 2 is 1.72 bits per heavy atom. The molecule has 0 fully saturated rings. The third-order valence-electron chi connectivity index (χ3n) is 3.14. The zero-order valence-corrected chi connectivity index (χ0v) is 10.7. The van der Waals surface area contributed by atoms with Gasteiger partial charge < -0.3 is 0 Å². The van der Waals surface area contributed by atoms with Crippen molar-refractivity contribution in [1.82, 2.24) is 9.13 Å². The van der Waals surface area contributed by atoms with Gasteiger partial charge in [-0.05, 0) is 38.5 Å². The van der Waals surface area contributed by atoms with Crippen LogP contribution in [0.1, 0.15) is 19.4 Å². The predicted octanol–water partition coefficient (Wildman–Crippen LogP) is 2.12. The van der Waals surface area contributed by atoms with Gasteiger partial charge in [0.1, 0.15) is 0 Å². The highest BCUT2D eigenvalue weighted by molar-refractivity contribution is 5.82. The summed E-state index contributed by atoms with van der Waals surface area (Å²) in [5, 5.41) is 0. The number of aromatic nitrogens is 2. The second-order valence-electron chi connectivity index (χ2n) is 4.10. The number of benzene rings is 1. The maximum Gasteiger partial charge on any atom is 0.329 e. The Morgan fingerprint density at radius 1 is 1.17 bits per heavy atom. The van der Waals surface area contributed by atoms with E-state index in [-0.39, 0.29) is 5.69 Å². The van der Waals surface area contributed by atoms with E-state index >= 15 is 0 Å². The lowest BCUT2D eigenvalue weighted by molar-refractivity contribution is 0.565. The van der Waals surface area contributed by atoms with Gasteiger partial charge in [-0.1, -0.05) is 0 Å². The fourth-order valence-corrected chi connectivity index (χ4v) is 2.24. The quantitative estimate of drug-likeness (QED) is 0.614. The molecule has 0 unspecified atom stereocenters. The molecule has 5 nitrogen and oxygen atoms in total. The number of aliphatic imine (C=N–C) groups is 1. The Morgan fingerprint density at radius 3 is 2.22 bits per heavy atom. The fraction of sp³-hybridized carbons (Fsp3) is 0.385. The topological polar surface area (TPSA) is 56.4 Å². The fourth-order valence-electron chi connectivity index (χ4n) is 2.24. The molecule has 0 bridgehead atoms. The van der Waals surface area contributed by atoms with E-state index in [1.165, 1.54) is 0 Å². The molecule has 1 aromatic heterocycles. The van der Waals surface area contributed by atoms with Crippen molar-refractivity contribution in [3.05, 3.63) is 28.2 Å². The second-order valence-corrected chi connectivity index (χ2v) is 4.10. The van der Waals surface area contributed by atoms with Crippen molar-refractivity contribution in [3.8, 4) is 0 Å². The first-order valence-electron chi connectivity index (χ1n) is 5.95. The highest BCUT2D eigenvalue weighted by Crippen LogP contribution is 2.25. The van der Waals surface area contributed by atoms with Crippen molar-refractivity contribution >= 4 is 22.8 Å². The third-order valence-corrected chi connectivity index (χ3v) is 3.14. The van der Waals surface area contributed by atoms with Gasteiger partial charge in [-0.25, -0.2) is 9.59 Å². The molecule has 0 aliphatic carbocycles. The van der Waals surface area contributed by atoms with Gasteiger partial charge in [0.05, 0.1) is 16.7 Å². The number of carbonyl (C=O) groups excluding carboxylic acids is 1. The van der Waals surface area contributed by atoms with Crippen LogP contribution in [0.15, 0.2) is 21.9 Å². The lowest BCUT2D eigenvalue weighted by Crippen LogP contribution is -2.23. The molecule has 1 aromatic carbocycles. The zero-order chi connectivity index (χ0) is 13.3. The molecule has 0 amide bonds. The number of imidazole rings is 1. The first-order chi connectivity index (χ1) is 8.63. The van der Waals surface area contributed by atoms with Crippen LogP contribution in [0.4, 0.5) is 5.69 Å². The van der Waals surface area contributed by atoms with E-state index in [0.717, 1.165) is 16.6 Å². The largest absolute Gasteiger partial charge is 0.329 e. The van der Waals surface area contributed by atoms with Gasteiger partial charge in [0, 0.05) is 13.1 Å². The number of hydrogen-bond acceptors (Lipinski definition) is 3. The summed E-state index contributed by atoms with van der Waals surface area (Å²) in [6, 6.07) is 3.66. The van der Waals surface area contributed by atoms with Gasteiger partial charge in [0.25, 0.3) is 0 Å². The standard InChI is InChI=1S/C13H15N3O2/c1-4-15-11-6-9(3)10(14-8-17)7-12(11)16(5-2)13(15)18/h6-7H,4-5H2,1-3H3. The molecule has 1 heterocycles. The average Bonchev–Trinajstić information content (AvgIpc) is 2.61. The Kier molecular flexibility index (Phi) is 3.17. The highest BCUT2D eigenvalue weighted by atomic mass is 16.1. The number of rotatable bonds is 3. The Balaban J connectivity index is 2.92. The van der Waals surface area contributed by atoms with E-state index in [0.29, 0.717) is 18.8 Å². The van der Waals surface area contributed by atoms with Gasteiger partial charge >= 0.3 is 5.69 Å². The summed E-state index contributed by atoms with van der Waals surface area (Å²) in [5.41, 5.74) is 3.09. The van der Waals surface area contributed by atoms with Crippen molar-refractivity contribution in [2.24, 2.45) is 4.99 Å². The van der Waals surface area contributed by atoms with Crippen LogP contribution in [-0.2, 0) is 17.9 Å². The smallest absolute Gasteiger partial charge is 0.292 e. The zero-order valence-electron chi connectivity index (χ0n) is 10.7. The minimum absolute atomic E-state index is 0.0263. The van der Waals surface area contributed by atoms with Crippen molar-refractivity contribution in [1.29, 1.82) is 0 Å². The van der Waals surface area contributed by atoms with Gasteiger partial charge in [-0.2, -0.15) is 4.99 Å². The van der Waals surface area contributed by atoms with Crippen LogP contribution in [0.5, 0.6) is 0 Å². The molecule has 0 N–H and O–H groups in total. The van der Waals surface area contributed by atoms with E-state index in [1.54, 1.807) is 21.3 Å². The second kappa shape index (κ2) is 4.63. The summed E-state index contributed by atoms with van der Waals surface area (Å²) >= 11 is 0. The van der Waals surface area contributed by atoms with Crippen LogP contribution in [-0.4, -0.2) is 15.2 Å². The summed E-state index contributed by atoms with van der Waals surface area (Å²) in [4.78, 5) is 26.2. The normalized spacial score (nSPS) is 10.6. The molecule has 94 valence electrons. The maximum absolute atomic E-state index is 12.1. The van der Waals surface area contributed by atoms with Crippen LogP contribution in [0.3, 0.4) is 0 Å². The van der Waals surface area contributed by atoms with E-state index < -0.39 is 0 Å². The lowest BCUT2D eigenvalue weighted by Gasteiger charge is -2.02. The van der Waals surface area contributed by atoms with Crippen LogP contribution in [0, 0.1) is 6.92 Å². The summed E-state index contributed by atoms with van der Waals surface area (Å²) in [7, 11) is 0. The van der Waals surface area contributed by atoms with E-state index in [1.807, 2.05) is 26.8 Å². The van der Waals surface area contributed by atoms with Crippen molar-refractivity contribution in [3.63, 3.8) is 0 Å². The Bertz CT molecular complexity index is 703. The monoisotopic (exact) mass is 245 g/mol. The van der Waals surface area contributed by atoms with Crippen molar-refractivity contribution in [2.75, 3.05) is 0 Å². The minimum Gasteiger partial charge on any atom is -0.292 e. The Labute approximate surface area is 104 Å². The molecule has 0 radical (unpaired) electrons. The van der Waals surface area contributed by atoms with Gasteiger partial charge in [0.2, 0.25) is 6.08 Å². The van der Waals surface area contributed by atoms with E-state index in [9.17, 15) is 9.59 Å². The number of aryl methyl sites for hydroxylation is 3. The molecular formula is C13H15N3O2. The molecule has 0 spiro atoms. The Hall–Kier alpha value is -2.13. The summed E-state index contributed by atoms with van der Waals surface area (Å²) < 4.78 is 3.41. The third kappa shape index (κ3) is 1.69. The molecule has 0 aliphatic rings. The molecular weight excluding hydrogens is 230 g/mol. The first kappa shape index (κ1) is 12.3. The molecule has 18 heavy (non-hydrogen) atoms. The molecule has 0 aliphatic heterocycles. The first-order valence-corrected chi connectivity index (χ1v) is 5.95. The summed E-state index contributed by atoms with van der Waals surface area (Å²) in [5.74, 6) is 0. The van der Waals surface area contributed by atoms with Gasteiger partial charge in [-0.15, -0.1) is 0 Å². The van der Waals surface area contributed by atoms with Gasteiger partial charge in [-0.3, -0.25) is 9.13 Å². The molecule has 5 heteroatoms. The van der Waals surface area contributed by atoms with Crippen molar-refractivity contribution < 1.29 is 4.79 Å². The molecule has 0 saturated carbocycles.